The van der Waals surface area contributed by atoms with Crippen LogP contribution in [0.5, 0.6) is 0 Å². The minimum atomic E-state index is 0.105. The van der Waals surface area contributed by atoms with Crippen molar-refractivity contribution in [3.8, 4) is 11.1 Å². The second kappa shape index (κ2) is 5.23. The minimum absolute atomic E-state index is 0.105. The van der Waals surface area contributed by atoms with Gasteiger partial charge in [0.2, 0.25) is 0 Å². The second-order valence-corrected chi connectivity index (χ2v) is 3.32. The molecule has 2 heterocycles. The number of aromatic nitrogens is 2. The van der Waals surface area contributed by atoms with E-state index in [1.165, 1.54) is 0 Å². The average molecular weight is 215 g/mol. The van der Waals surface area contributed by atoms with E-state index in [2.05, 4.69) is 15.3 Å². The van der Waals surface area contributed by atoms with E-state index in [0.717, 1.165) is 16.9 Å². The Bertz CT molecular complexity index is 428. The van der Waals surface area contributed by atoms with Gasteiger partial charge in [-0.2, -0.15) is 0 Å². The molecule has 0 spiro atoms. The fraction of sp³-hybridized carbons (Fsp3) is 0.167. The molecule has 16 heavy (non-hydrogen) atoms. The third-order valence-corrected chi connectivity index (χ3v) is 2.20. The van der Waals surface area contributed by atoms with E-state index in [0.29, 0.717) is 6.54 Å². The number of pyridine rings is 2. The summed E-state index contributed by atoms with van der Waals surface area (Å²) in [4.78, 5) is 8.22. The van der Waals surface area contributed by atoms with Crippen molar-refractivity contribution in [3.63, 3.8) is 0 Å². The lowest BCUT2D eigenvalue weighted by atomic mass is 10.1. The Kier molecular flexibility index (Phi) is 3.46. The molecule has 0 aliphatic rings. The number of aliphatic hydroxyl groups excluding tert-OH is 1. The van der Waals surface area contributed by atoms with Crippen molar-refractivity contribution in [2.75, 3.05) is 18.5 Å². The summed E-state index contributed by atoms with van der Waals surface area (Å²) in [5.74, 6) is 0.770. The summed E-state index contributed by atoms with van der Waals surface area (Å²) in [6, 6.07) is 7.77. The first-order valence-corrected chi connectivity index (χ1v) is 5.11. The smallest absolute Gasteiger partial charge is 0.125 e. The molecule has 0 saturated heterocycles. The molecule has 0 aliphatic carbocycles. The quantitative estimate of drug-likeness (QED) is 0.812. The number of rotatable bonds is 4. The van der Waals surface area contributed by atoms with Crippen LogP contribution < -0.4 is 5.32 Å². The van der Waals surface area contributed by atoms with Gasteiger partial charge < -0.3 is 10.4 Å². The van der Waals surface area contributed by atoms with Gasteiger partial charge in [-0.3, -0.25) is 4.98 Å². The van der Waals surface area contributed by atoms with Crippen LogP contribution >= 0.6 is 0 Å². The maximum Gasteiger partial charge on any atom is 0.125 e. The van der Waals surface area contributed by atoms with Crippen molar-refractivity contribution in [3.05, 3.63) is 42.9 Å². The van der Waals surface area contributed by atoms with Crippen LogP contribution in [0, 0.1) is 0 Å². The van der Waals surface area contributed by atoms with Crippen molar-refractivity contribution in [2.24, 2.45) is 0 Å². The topological polar surface area (TPSA) is 58.0 Å². The van der Waals surface area contributed by atoms with Gasteiger partial charge in [-0.25, -0.2) is 4.98 Å². The molecule has 4 nitrogen and oxygen atoms in total. The lowest BCUT2D eigenvalue weighted by molar-refractivity contribution is 0.311. The number of aliphatic hydroxyl groups is 1. The van der Waals surface area contributed by atoms with Crippen molar-refractivity contribution in [1.82, 2.24) is 9.97 Å². The zero-order valence-corrected chi connectivity index (χ0v) is 8.80. The predicted molar refractivity (Wildman–Crippen MR) is 63.0 cm³/mol. The van der Waals surface area contributed by atoms with Crippen molar-refractivity contribution >= 4 is 5.82 Å². The summed E-state index contributed by atoms with van der Waals surface area (Å²) in [6.07, 6.45) is 5.32. The Morgan fingerprint density at radius 2 is 1.88 bits per heavy atom. The standard InChI is InChI=1S/C12H13N3O/c16-8-7-14-12-2-1-11(9-15-12)10-3-5-13-6-4-10/h1-6,9,16H,7-8H2,(H,14,15). The summed E-state index contributed by atoms with van der Waals surface area (Å²) < 4.78 is 0. The zero-order chi connectivity index (χ0) is 11.2. The first-order valence-electron chi connectivity index (χ1n) is 5.11. The Labute approximate surface area is 94.0 Å². The van der Waals surface area contributed by atoms with Crippen LogP contribution in [0.15, 0.2) is 42.9 Å². The molecule has 0 fully saturated rings. The van der Waals surface area contributed by atoms with E-state index in [-0.39, 0.29) is 6.61 Å². The molecule has 0 amide bonds. The molecule has 0 aromatic carbocycles. The largest absolute Gasteiger partial charge is 0.395 e. The Morgan fingerprint density at radius 1 is 1.06 bits per heavy atom. The van der Waals surface area contributed by atoms with E-state index in [1.54, 1.807) is 18.6 Å². The molecule has 4 heteroatoms. The minimum Gasteiger partial charge on any atom is -0.395 e. The van der Waals surface area contributed by atoms with Crippen LogP contribution in [0.25, 0.3) is 11.1 Å². The third kappa shape index (κ3) is 2.55. The van der Waals surface area contributed by atoms with E-state index in [4.69, 9.17) is 5.11 Å². The molecule has 0 bridgehead atoms. The molecular formula is C12H13N3O. The van der Waals surface area contributed by atoms with Gasteiger partial charge in [-0.05, 0) is 29.8 Å². The van der Waals surface area contributed by atoms with E-state index in [1.807, 2.05) is 24.3 Å². The highest BCUT2D eigenvalue weighted by Crippen LogP contribution is 2.18. The Hall–Kier alpha value is -1.94. The molecule has 2 rings (SSSR count). The zero-order valence-electron chi connectivity index (χ0n) is 8.80. The van der Waals surface area contributed by atoms with Crippen LogP contribution in [-0.2, 0) is 0 Å². The Balaban J connectivity index is 2.13. The average Bonchev–Trinajstić information content (AvgIpc) is 2.38. The molecule has 0 unspecified atom stereocenters. The summed E-state index contributed by atoms with van der Waals surface area (Å²) in [5.41, 5.74) is 2.15. The fourth-order valence-electron chi connectivity index (χ4n) is 1.40. The number of nitrogens with one attached hydrogen (secondary N) is 1. The number of hydrogen-bond donors (Lipinski definition) is 2. The first kappa shape index (κ1) is 10.6. The predicted octanol–water partition coefficient (Wildman–Crippen LogP) is 1.55. The van der Waals surface area contributed by atoms with Crippen LogP contribution in [-0.4, -0.2) is 28.2 Å². The van der Waals surface area contributed by atoms with Crippen molar-refractivity contribution < 1.29 is 5.11 Å². The summed E-state index contributed by atoms with van der Waals surface area (Å²) in [6.45, 7) is 0.620. The van der Waals surface area contributed by atoms with E-state index < -0.39 is 0 Å². The highest BCUT2D eigenvalue weighted by molar-refractivity contribution is 5.62. The van der Waals surface area contributed by atoms with Gasteiger partial charge in [0, 0.05) is 30.7 Å². The molecule has 0 atom stereocenters. The molecular weight excluding hydrogens is 202 g/mol. The molecule has 82 valence electrons. The first-order chi connectivity index (χ1) is 7.90. The van der Waals surface area contributed by atoms with Gasteiger partial charge in [-0.1, -0.05) is 0 Å². The van der Waals surface area contributed by atoms with Gasteiger partial charge in [0.25, 0.3) is 0 Å². The second-order valence-electron chi connectivity index (χ2n) is 3.32. The number of nitrogens with zero attached hydrogens (tertiary/aromatic N) is 2. The normalized spacial score (nSPS) is 10.1. The van der Waals surface area contributed by atoms with Gasteiger partial charge in [0.05, 0.1) is 6.61 Å². The van der Waals surface area contributed by atoms with Crippen LogP contribution in [0.3, 0.4) is 0 Å². The highest BCUT2D eigenvalue weighted by atomic mass is 16.3. The van der Waals surface area contributed by atoms with Crippen LogP contribution in [0.4, 0.5) is 5.82 Å². The molecule has 0 radical (unpaired) electrons. The van der Waals surface area contributed by atoms with E-state index >= 15 is 0 Å². The molecule has 2 aromatic heterocycles. The molecule has 2 N–H and O–H groups in total. The number of hydrogen-bond acceptors (Lipinski definition) is 4. The maximum absolute atomic E-state index is 8.66. The van der Waals surface area contributed by atoms with Crippen molar-refractivity contribution in [1.29, 1.82) is 0 Å². The SMILES string of the molecule is OCCNc1ccc(-c2ccncc2)cn1. The van der Waals surface area contributed by atoms with Gasteiger partial charge >= 0.3 is 0 Å². The summed E-state index contributed by atoms with van der Waals surface area (Å²) in [5, 5.41) is 11.7. The lowest BCUT2D eigenvalue weighted by Gasteiger charge is -2.04. The third-order valence-electron chi connectivity index (χ3n) is 2.20. The van der Waals surface area contributed by atoms with Gasteiger partial charge in [-0.15, -0.1) is 0 Å². The summed E-state index contributed by atoms with van der Waals surface area (Å²) >= 11 is 0. The van der Waals surface area contributed by atoms with Gasteiger partial charge in [0.1, 0.15) is 5.82 Å². The maximum atomic E-state index is 8.66. The summed E-state index contributed by atoms with van der Waals surface area (Å²) in [7, 11) is 0. The Morgan fingerprint density at radius 3 is 2.50 bits per heavy atom. The number of anilines is 1. The molecule has 2 aromatic rings. The van der Waals surface area contributed by atoms with Crippen molar-refractivity contribution in [2.45, 2.75) is 0 Å². The fourth-order valence-corrected chi connectivity index (χ4v) is 1.40. The highest BCUT2D eigenvalue weighted by Gasteiger charge is 1.97. The van der Waals surface area contributed by atoms with Gasteiger partial charge in [0.15, 0.2) is 0 Å². The monoisotopic (exact) mass is 215 g/mol. The molecule has 0 aliphatic heterocycles. The van der Waals surface area contributed by atoms with Crippen LogP contribution in [0.1, 0.15) is 0 Å². The van der Waals surface area contributed by atoms with Crippen LogP contribution in [0.2, 0.25) is 0 Å². The van der Waals surface area contributed by atoms with E-state index in [9.17, 15) is 0 Å². The lowest BCUT2D eigenvalue weighted by Crippen LogP contribution is -2.06. The molecule has 0 saturated carbocycles.